The van der Waals surface area contributed by atoms with Gasteiger partial charge in [-0.05, 0) is 12.5 Å². The zero-order chi connectivity index (χ0) is 18.6. The third-order valence-electron chi connectivity index (χ3n) is 3.07. The van der Waals surface area contributed by atoms with Crippen LogP contribution in [0.5, 0.6) is 5.75 Å². The van der Waals surface area contributed by atoms with Crippen LogP contribution in [-0.2, 0) is 0 Å². The number of hydrogen-bond donors (Lipinski definition) is 1. The molecule has 0 aliphatic carbocycles. The maximum absolute atomic E-state index is 13.2. The number of aromatic nitrogens is 2. The average molecular weight is 381 g/mol. The number of pyridine rings is 1. The van der Waals surface area contributed by atoms with Gasteiger partial charge in [-0.3, -0.25) is 0 Å². The lowest BCUT2D eigenvalue weighted by Crippen LogP contribution is -2.35. The molecule has 1 atom stereocenters. The lowest BCUT2D eigenvalue weighted by atomic mass is 10.2. The van der Waals surface area contributed by atoms with Crippen LogP contribution in [0.15, 0.2) is 23.8 Å². The van der Waals surface area contributed by atoms with E-state index in [2.05, 4.69) is 15.3 Å². The first kappa shape index (κ1) is 19.0. The summed E-state index contributed by atoms with van der Waals surface area (Å²) in [6.07, 6.45) is -5.83. The van der Waals surface area contributed by atoms with Crippen LogP contribution in [0.2, 0.25) is 0 Å². The summed E-state index contributed by atoms with van der Waals surface area (Å²) in [6.45, 7) is 1.29. The second-order valence-corrected chi connectivity index (χ2v) is 5.68. The second kappa shape index (κ2) is 7.72. The molecule has 1 N–H and O–H groups in total. The van der Waals surface area contributed by atoms with Crippen LogP contribution in [0, 0.1) is 0 Å². The van der Waals surface area contributed by atoms with Crippen molar-refractivity contribution in [3.8, 4) is 5.75 Å². The van der Waals surface area contributed by atoms with E-state index < -0.39 is 41.7 Å². The molecule has 0 aliphatic rings. The highest BCUT2D eigenvalue weighted by Gasteiger charge is 2.38. The van der Waals surface area contributed by atoms with Crippen LogP contribution in [0.1, 0.15) is 35.1 Å². The number of alkyl halides is 5. The minimum absolute atomic E-state index is 0.0504. The first-order valence-electron chi connectivity index (χ1n) is 6.95. The van der Waals surface area contributed by atoms with Crippen molar-refractivity contribution in [3.05, 3.63) is 34.4 Å². The van der Waals surface area contributed by atoms with Gasteiger partial charge >= 0.3 is 12.1 Å². The fourth-order valence-corrected chi connectivity index (χ4v) is 2.36. The smallest absolute Gasteiger partial charge is 0.408 e. The zero-order valence-corrected chi connectivity index (χ0v) is 13.5. The summed E-state index contributed by atoms with van der Waals surface area (Å²) in [5.74, 6) is -1.89. The predicted molar refractivity (Wildman–Crippen MR) is 80.0 cm³/mol. The van der Waals surface area contributed by atoms with Gasteiger partial charge in [0.1, 0.15) is 11.9 Å². The van der Waals surface area contributed by atoms with Gasteiger partial charge in [-0.1, -0.05) is 6.92 Å². The van der Waals surface area contributed by atoms with Crippen molar-refractivity contribution in [2.24, 2.45) is 0 Å². The standard InChI is InChI=1S/C14H12F5N3O2S/c1-2-9(14(17,18)19)22-10-5-7(11(15)16)8(6-21-10)24-13(23)12-20-3-4-25-12/h3-6,9,11H,2H2,1H3,(H,21,22)/t9-/m0/s1. The molecule has 0 saturated heterocycles. The summed E-state index contributed by atoms with van der Waals surface area (Å²) in [5, 5.41) is 3.50. The van der Waals surface area contributed by atoms with E-state index in [1.54, 1.807) is 0 Å². The second-order valence-electron chi connectivity index (χ2n) is 4.78. The molecule has 0 bridgehead atoms. The van der Waals surface area contributed by atoms with Crippen LogP contribution in [-0.4, -0.2) is 28.2 Å². The van der Waals surface area contributed by atoms with Crippen LogP contribution >= 0.6 is 11.3 Å². The van der Waals surface area contributed by atoms with Crippen LogP contribution in [0.3, 0.4) is 0 Å². The molecule has 0 aliphatic heterocycles. The quantitative estimate of drug-likeness (QED) is 0.592. The molecule has 11 heteroatoms. The summed E-state index contributed by atoms with van der Waals surface area (Å²) < 4.78 is 69.4. The van der Waals surface area contributed by atoms with Gasteiger partial charge in [0.15, 0.2) is 5.75 Å². The third kappa shape index (κ3) is 4.84. The van der Waals surface area contributed by atoms with Gasteiger partial charge in [0.2, 0.25) is 5.01 Å². The van der Waals surface area contributed by atoms with Crippen molar-refractivity contribution in [2.45, 2.75) is 32.0 Å². The minimum atomic E-state index is -4.56. The van der Waals surface area contributed by atoms with Gasteiger partial charge in [0.05, 0.1) is 11.8 Å². The molecule has 0 fully saturated rings. The van der Waals surface area contributed by atoms with Crippen LogP contribution in [0.25, 0.3) is 0 Å². The van der Waals surface area contributed by atoms with Gasteiger partial charge in [0, 0.05) is 11.6 Å². The predicted octanol–water partition coefficient (Wildman–Crippen LogP) is 4.45. The number of anilines is 1. The number of carbonyl (C=O) groups is 1. The molecule has 0 unspecified atom stereocenters. The van der Waals surface area contributed by atoms with Crippen LogP contribution < -0.4 is 10.1 Å². The molecule has 136 valence electrons. The Kier molecular flexibility index (Phi) is 5.88. The normalized spacial score (nSPS) is 12.9. The summed E-state index contributed by atoms with van der Waals surface area (Å²) in [4.78, 5) is 19.1. The van der Waals surface area contributed by atoms with E-state index in [-0.39, 0.29) is 11.4 Å². The summed E-state index contributed by atoms with van der Waals surface area (Å²) in [5.41, 5.74) is -0.751. The number of carbonyl (C=O) groups excluding carboxylic acids is 1. The SMILES string of the molecule is CC[C@H](Nc1cc(C(F)F)c(OC(=O)c2nccs2)cn1)C(F)(F)F. The molecule has 0 saturated carbocycles. The number of nitrogens with zero attached hydrogens (tertiary/aromatic N) is 2. The highest BCUT2D eigenvalue weighted by Crippen LogP contribution is 2.32. The van der Waals surface area contributed by atoms with Crippen molar-refractivity contribution < 1.29 is 31.5 Å². The first-order valence-corrected chi connectivity index (χ1v) is 7.83. The number of halogens is 5. The number of hydrogen-bond acceptors (Lipinski definition) is 6. The number of nitrogens with one attached hydrogen (secondary N) is 1. The Morgan fingerprint density at radius 2 is 2.08 bits per heavy atom. The van der Waals surface area contributed by atoms with E-state index in [1.165, 1.54) is 18.5 Å². The van der Waals surface area contributed by atoms with Crippen LogP contribution in [0.4, 0.5) is 27.8 Å². The molecule has 0 spiro atoms. The van der Waals surface area contributed by atoms with E-state index in [0.717, 1.165) is 23.6 Å². The van der Waals surface area contributed by atoms with Crippen molar-refractivity contribution in [1.82, 2.24) is 9.97 Å². The summed E-state index contributed by atoms with van der Waals surface area (Å²) in [7, 11) is 0. The van der Waals surface area contributed by atoms with E-state index in [4.69, 9.17) is 4.74 Å². The minimum Gasteiger partial charge on any atom is -0.419 e. The molecule has 25 heavy (non-hydrogen) atoms. The lowest BCUT2D eigenvalue weighted by molar-refractivity contribution is -0.142. The Morgan fingerprint density at radius 3 is 2.60 bits per heavy atom. The van der Waals surface area contributed by atoms with E-state index in [0.29, 0.717) is 0 Å². The highest BCUT2D eigenvalue weighted by atomic mass is 32.1. The zero-order valence-electron chi connectivity index (χ0n) is 12.7. The largest absolute Gasteiger partial charge is 0.419 e. The Bertz CT molecular complexity index is 722. The molecule has 2 heterocycles. The fourth-order valence-electron chi connectivity index (χ4n) is 1.85. The maximum atomic E-state index is 13.2. The Morgan fingerprint density at radius 1 is 1.36 bits per heavy atom. The third-order valence-corrected chi connectivity index (χ3v) is 3.82. The van der Waals surface area contributed by atoms with E-state index >= 15 is 0 Å². The van der Waals surface area contributed by atoms with Crippen molar-refractivity contribution >= 4 is 23.1 Å². The monoisotopic (exact) mass is 381 g/mol. The Balaban J connectivity index is 2.24. The Labute approximate surface area is 142 Å². The number of esters is 1. The Hall–Kier alpha value is -2.30. The van der Waals surface area contributed by atoms with Crippen molar-refractivity contribution in [2.75, 3.05) is 5.32 Å². The summed E-state index contributed by atoms with van der Waals surface area (Å²) in [6, 6.07) is -1.21. The molecular weight excluding hydrogens is 369 g/mol. The molecule has 2 rings (SSSR count). The maximum Gasteiger partial charge on any atom is 0.408 e. The molecule has 0 aromatic carbocycles. The number of rotatable bonds is 6. The topological polar surface area (TPSA) is 64.1 Å². The first-order chi connectivity index (χ1) is 11.7. The average Bonchev–Trinajstić information content (AvgIpc) is 3.06. The number of ether oxygens (including phenoxy) is 1. The van der Waals surface area contributed by atoms with Crippen molar-refractivity contribution in [3.63, 3.8) is 0 Å². The van der Waals surface area contributed by atoms with Gasteiger partial charge in [0.25, 0.3) is 6.43 Å². The fraction of sp³-hybridized carbons (Fsp3) is 0.357. The van der Waals surface area contributed by atoms with Gasteiger partial charge in [-0.15, -0.1) is 11.3 Å². The molecule has 0 radical (unpaired) electrons. The van der Waals surface area contributed by atoms with Crippen molar-refractivity contribution in [1.29, 1.82) is 0 Å². The summed E-state index contributed by atoms with van der Waals surface area (Å²) >= 11 is 0.951. The van der Waals surface area contributed by atoms with Gasteiger partial charge < -0.3 is 10.1 Å². The molecule has 2 aromatic rings. The molecule has 5 nitrogen and oxygen atoms in total. The van der Waals surface area contributed by atoms with Gasteiger partial charge in [-0.25, -0.2) is 23.5 Å². The van der Waals surface area contributed by atoms with E-state index in [1.807, 2.05) is 0 Å². The molecule has 2 aromatic heterocycles. The molecule has 0 amide bonds. The highest BCUT2D eigenvalue weighted by molar-refractivity contribution is 7.11. The molecular formula is C14H12F5N3O2S. The van der Waals surface area contributed by atoms with E-state index in [9.17, 15) is 26.7 Å². The number of thiazole rings is 1. The lowest BCUT2D eigenvalue weighted by Gasteiger charge is -2.21. The van der Waals surface area contributed by atoms with Gasteiger partial charge in [-0.2, -0.15) is 13.2 Å².